The minimum atomic E-state index is -1.89. The number of aliphatic hydroxyl groups is 3. The van der Waals surface area contributed by atoms with Crippen molar-refractivity contribution in [2.45, 2.75) is 220 Å². The molecule has 1 aromatic carbocycles. The number of ether oxygens (including phenoxy) is 8. The van der Waals surface area contributed by atoms with Gasteiger partial charge in [-0.15, -0.1) is 4.99 Å². The molecule has 81 heavy (non-hydrogen) atoms. The van der Waals surface area contributed by atoms with Crippen LogP contribution >= 0.6 is 0 Å². The standard InChI is InChI=1S/C54H86N8O19/c1-49(2,3)25-35(63)56-34-24-33(58-45(67)78-50(4,5)6)36(37(64)40(34)77-42-38(65)41(54(16,71)28-75-42)61(17)48(70)81-53(13,14)15)39-32(57-43(59-46(68)79-51(7,8)9)60-47(69)80-52(10,11)12)23-22-31(76-39)26-55-44(66)74-27-29-18-20-30(21-19-29)62(72)73/h18-22,32-34,36-42,64-65,71H,23-28H2,1-17H3,(H,55,66)(H,56,63)(H,58,67)(H2,57,59,60,68,69)/t32-,33+,34-,36?,37+,38-,39+,40+,41-,42-,54+/m1/s1. The summed E-state index contributed by atoms with van der Waals surface area (Å²) in [7, 11) is 1.32. The number of carbonyl (C=O) groups is 6. The zero-order chi connectivity index (χ0) is 61.4. The highest BCUT2D eigenvalue weighted by Crippen LogP contribution is 2.39. The largest absolute Gasteiger partial charge is 0.491 e. The highest BCUT2D eigenvalue weighted by atomic mass is 16.7. The normalized spacial score (nSPS) is 26.5. The van der Waals surface area contributed by atoms with E-state index in [4.69, 9.17) is 37.9 Å². The summed E-state index contributed by atoms with van der Waals surface area (Å²) >= 11 is 0. The number of benzene rings is 1. The van der Waals surface area contributed by atoms with E-state index in [1.807, 2.05) is 20.8 Å². The average Bonchev–Trinajstić information content (AvgIpc) is 3.41. The first kappa shape index (κ1) is 67.0. The van der Waals surface area contributed by atoms with Crippen LogP contribution in [0.4, 0.5) is 29.7 Å². The zero-order valence-corrected chi connectivity index (χ0v) is 49.6. The van der Waals surface area contributed by atoms with Crippen LogP contribution < -0.4 is 26.6 Å². The third-order valence-electron chi connectivity index (χ3n) is 12.1. The van der Waals surface area contributed by atoms with Gasteiger partial charge in [0, 0.05) is 37.6 Å². The Bertz CT molecular complexity index is 2450. The SMILES string of the molecule is CN(C(=O)OC(C)(C)C)[C@@H]1[C@@H](O)[C@@H](O[C@H]2[C@H](NC(=O)CC(C)(C)C)C[C@H](NC(=O)OC(C)(C)C)C([C@H]3OC(CNC(=O)OCc4ccc([N+](=O)[O-])cc4)=CC[C@H]3N/C(=N/C(=O)OC(C)(C)C)NC(=O)OC(C)(C)C)[C@@H]2O)OC[C@]1(C)O. The van der Waals surface area contributed by atoms with Gasteiger partial charge < -0.3 is 79.4 Å². The molecule has 0 radical (unpaired) electrons. The summed E-state index contributed by atoms with van der Waals surface area (Å²) in [6.07, 6.45) is -12.1. The molecule has 11 atom stereocenters. The van der Waals surface area contributed by atoms with Crippen molar-refractivity contribution in [3.05, 3.63) is 51.8 Å². The van der Waals surface area contributed by atoms with Gasteiger partial charge in [-0.25, -0.2) is 24.0 Å². The van der Waals surface area contributed by atoms with Crippen molar-refractivity contribution in [2.24, 2.45) is 16.3 Å². The Morgan fingerprint density at radius 2 is 1.36 bits per heavy atom. The summed E-state index contributed by atoms with van der Waals surface area (Å²) in [5.41, 5.74) is -6.24. The van der Waals surface area contributed by atoms with E-state index in [-0.39, 0.29) is 43.9 Å². The van der Waals surface area contributed by atoms with Crippen LogP contribution in [0.25, 0.3) is 0 Å². The van der Waals surface area contributed by atoms with Crippen LogP contribution in [0.3, 0.4) is 0 Å². The third-order valence-corrected chi connectivity index (χ3v) is 12.1. The number of likely N-dealkylation sites (N-methyl/N-ethyl adjacent to an activating group) is 1. The van der Waals surface area contributed by atoms with Gasteiger partial charge in [0.05, 0.1) is 42.3 Å². The van der Waals surface area contributed by atoms with Gasteiger partial charge in [0.15, 0.2) is 6.29 Å². The summed E-state index contributed by atoms with van der Waals surface area (Å²) in [4.78, 5) is 97.0. The number of hydrogen-bond acceptors (Lipinski definition) is 19. The van der Waals surface area contributed by atoms with Crippen molar-refractivity contribution in [3.63, 3.8) is 0 Å². The monoisotopic (exact) mass is 1150 g/mol. The highest BCUT2D eigenvalue weighted by molar-refractivity contribution is 5.99. The van der Waals surface area contributed by atoms with E-state index >= 15 is 0 Å². The van der Waals surface area contributed by atoms with Crippen LogP contribution in [0.5, 0.6) is 0 Å². The lowest BCUT2D eigenvalue weighted by atomic mass is 9.72. The van der Waals surface area contributed by atoms with E-state index in [1.54, 1.807) is 89.2 Å². The van der Waals surface area contributed by atoms with E-state index in [2.05, 4.69) is 31.6 Å². The number of nitro benzene ring substituents is 1. The quantitative estimate of drug-likeness (QED) is 0.0394. The fraction of sp³-hybridized carbons (Fsp3) is 0.722. The van der Waals surface area contributed by atoms with Crippen LogP contribution in [0.15, 0.2) is 41.1 Å². The first-order valence-electron chi connectivity index (χ1n) is 26.7. The van der Waals surface area contributed by atoms with Crippen molar-refractivity contribution in [3.8, 4) is 0 Å². The number of non-ortho nitro benzene ring substituents is 1. The average molecular weight is 1150 g/mol. The fourth-order valence-corrected chi connectivity index (χ4v) is 9.09. The van der Waals surface area contributed by atoms with Crippen LogP contribution in [0.2, 0.25) is 0 Å². The Labute approximate surface area is 473 Å². The lowest BCUT2D eigenvalue weighted by Gasteiger charge is -2.52. The van der Waals surface area contributed by atoms with Crippen LogP contribution in [0.1, 0.15) is 136 Å². The molecule has 2 heterocycles. The number of carbonyl (C=O) groups excluding carboxylic acids is 6. The Balaban J connectivity index is 1.89. The minimum Gasteiger partial charge on any atom is -0.491 e. The summed E-state index contributed by atoms with van der Waals surface area (Å²) in [6, 6.07) is 0.352. The molecule has 3 aliphatic rings. The van der Waals surface area contributed by atoms with Crippen molar-refractivity contribution in [2.75, 3.05) is 20.2 Å². The lowest BCUT2D eigenvalue weighted by molar-refractivity contribution is -0.384. The summed E-state index contributed by atoms with van der Waals surface area (Å²) in [6.45, 7) is 25.2. The number of rotatable bonds is 13. The summed E-state index contributed by atoms with van der Waals surface area (Å²) in [5.74, 6) is -2.28. The van der Waals surface area contributed by atoms with E-state index in [0.29, 0.717) is 5.56 Å². The predicted octanol–water partition coefficient (Wildman–Crippen LogP) is 5.55. The smallest absolute Gasteiger partial charge is 0.437 e. The molecule has 4 rings (SSSR count). The van der Waals surface area contributed by atoms with Gasteiger partial charge in [0.1, 0.15) is 58.7 Å². The second-order valence-corrected chi connectivity index (χ2v) is 25.8. The molecule has 0 aromatic heterocycles. The maximum atomic E-state index is 14.0. The first-order chi connectivity index (χ1) is 37.0. The summed E-state index contributed by atoms with van der Waals surface area (Å²) < 4.78 is 46.9. The third kappa shape index (κ3) is 21.7. The molecule has 8 N–H and O–H groups in total. The second-order valence-electron chi connectivity index (χ2n) is 25.8. The van der Waals surface area contributed by atoms with Crippen molar-refractivity contribution in [1.29, 1.82) is 0 Å². The van der Waals surface area contributed by atoms with Crippen molar-refractivity contribution in [1.82, 2.24) is 31.5 Å². The molecule has 2 fully saturated rings. The van der Waals surface area contributed by atoms with Gasteiger partial charge >= 0.3 is 30.5 Å². The molecule has 27 nitrogen and oxygen atoms in total. The number of aliphatic hydroxyl groups excluding tert-OH is 2. The molecular weight excluding hydrogens is 1060 g/mol. The van der Waals surface area contributed by atoms with Gasteiger partial charge in [-0.2, -0.15) is 0 Å². The molecule has 6 amide bonds. The molecule has 1 saturated carbocycles. The van der Waals surface area contributed by atoms with Gasteiger partial charge in [-0.05, 0) is 132 Å². The molecule has 1 saturated heterocycles. The molecule has 0 spiro atoms. The molecule has 1 aromatic rings. The topological polar surface area (TPSA) is 356 Å². The molecule has 0 bridgehead atoms. The number of nitrogens with zero attached hydrogens (tertiary/aromatic N) is 3. The van der Waals surface area contributed by atoms with Gasteiger partial charge in [0.25, 0.3) is 5.69 Å². The molecule has 1 unspecified atom stereocenters. The van der Waals surface area contributed by atoms with Crippen LogP contribution in [-0.2, 0) is 49.3 Å². The molecule has 456 valence electrons. The first-order valence-corrected chi connectivity index (χ1v) is 26.7. The maximum absolute atomic E-state index is 14.0. The van der Waals surface area contributed by atoms with E-state index < -0.39 is 148 Å². The Morgan fingerprint density at radius 3 is 1.91 bits per heavy atom. The predicted molar refractivity (Wildman–Crippen MR) is 291 cm³/mol. The zero-order valence-electron chi connectivity index (χ0n) is 49.6. The lowest BCUT2D eigenvalue weighted by Crippen LogP contribution is -2.71. The summed E-state index contributed by atoms with van der Waals surface area (Å²) in [5, 5.41) is 61.9. The maximum Gasteiger partial charge on any atom is 0.437 e. The second kappa shape index (κ2) is 26.6. The number of guanidine groups is 1. The van der Waals surface area contributed by atoms with Gasteiger partial charge in [-0.1, -0.05) is 20.8 Å². The molecular formula is C54H86N8O19. The number of aliphatic imine (C=N–C) groups is 1. The van der Waals surface area contributed by atoms with Gasteiger partial charge in [0.2, 0.25) is 11.9 Å². The molecule has 27 heteroatoms. The van der Waals surface area contributed by atoms with Crippen molar-refractivity contribution >= 4 is 48.0 Å². The Kier molecular flexibility index (Phi) is 22.0. The van der Waals surface area contributed by atoms with E-state index in [1.165, 1.54) is 38.2 Å². The fourth-order valence-electron chi connectivity index (χ4n) is 9.09. The van der Waals surface area contributed by atoms with Crippen molar-refractivity contribution < 1.29 is 86.9 Å². The number of nitro groups is 1. The Hall–Kier alpha value is -6.55. The van der Waals surface area contributed by atoms with E-state index in [9.17, 15) is 54.2 Å². The van der Waals surface area contributed by atoms with E-state index in [0.717, 1.165) is 4.90 Å². The highest BCUT2D eigenvalue weighted by Gasteiger charge is 2.56. The minimum absolute atomic E-state index is 0.0202. The number of nitrogens with one attached hydrogen (secondary N) is 5. The Morgan fingerprint density at radius 1 is 0.778 bits per heavy atom. The molecule has 2 aliphatic heterocycles. The van der Waals surface area contributed by atoms with Crippen LogP contribution in [-0.4, -0.2) is 171 Å². The molecule has 1 aliphatic carbocycles. The number of amides is 6. The van der Waals surface area contributed by atoms with Crippen LogP contribution in [0, 0.1) is 21.4 Å². The number of alkyl carbamates (subject to hydrolysis) is 3. The van der Waals surface area contributed by atoms with Gasteiger partial charge in [-0.3, -0.25) is 20.2 Å². The number of hydrogen-bond donors (Lipinski definition) is 8.